The van der Waals surface area contributed by atoms with Crippen LogP contribution in [0.2, 0.25) is 0 Å². The molecule has 0 aliphatic carbocycles. The molecule has 0 atom stereocenters. The molecule has 19 heavy (non-hydrogen) atoms. The lowest BCUT2D eigenvalue weighted by atomic mass is 10.2. The molecule has 1 aromatic carbocycles. The van der Waals surface area contributed by atoms with Crippen LogP contribution in [-0.4, -0.2) is 27.9 Å². The lowest BCUT2D eigenvalue weighted by Crippen LogP contribution is -2.01. The lowest BCUT2D eigenvalue weighted by molar-refractivity contribution is -0.136. The van der Waals surface area contributed by atoms with Crippen molar-refractivity contribution in [3.05, 3.63) is 41.6 Å². The van der Waals surface area contributed by atoms with Crippen molar-refractivity contribution in [2.75, 3.05) is 6.61 Å². The molecule has 0 aliphatic heterocycles. The molecule has 0 bridgehead atoms. The molecule has 1 aromatic heterocycles. The summed E-state index contributed by atoms with van der Waals surface area (Å²) in [6.45, 7) is 2.41. The van der Waals surface area contributed by atoms with Crippen molar-refractivity contribution in [3.63, 3.8) is 0 Å². The van der Waals surface area contributed by atoms with Gasteiger partial charge < -0.3 is 14.3 Å². The minimum absolute atomic E-state index is 0.109. The van der Waals surface area contributed by atoms with Gasteiger partial charge in [-0.1, -0.05) is 17.7 Å². The van der Waals surface area contributed by atoms with E-state index in [0.717, 1.165) is 5.75 Å². The van der Waals surface area contributed by atoms with Gasteiger partial charge in [0.15, 0.2) is 0 Å². The first-order valence-corrected chi connectivity index (χ1v) is 5.86. The highest BCUT2D eigenvalue weighted by Gasteiger charge is 2.09. The Bertz CT molecular complexity index is 548. The molecule has 0 fully saturated rings. The van der Waals surface area contributed by atoms with Gasteiger partial charge in [0.05, 0.1) is 13.0 Å². The second kappa shape index (κ2) is 5.99. The fourth-order valence-electron chi connectivity index (χ4n) is 1.48. The van der Waals surface area contributed by atoms with Crippen LogP contribution in [0.25, 0.3) is 0 Å². The second-order valence-electron chi connectivity index (χ2n) is 4.07. The molecule has 100 valence electrons. The molecule has 2 rings (SSSR count). The van der Waals surface area contributed by atoms with Crippen LogP contribution >= 0.6 is 0 Å². The van der Waals surface area contributed by atoms with E-state index < -0.39 is 5.97 Å². The summed E-state index contributed by atoms with van der Waals surface area (Å²) in [7, 11) is 0. The SMILES string of the molecule is Cc1ccc(OCCc2nnc(CC(=O)O)o2)cc1. The number of nitrogens with zero attached hydrogens (tertiary/aromatic N) is 2. The molecule has 0 unspecified atom stereocenters. The molecule has 6 heteroatoms. The predicted octanol–water partition coefficient (Wildman–Crippen LogP) is 1.63. The van der Waals surface area contributed by atoms with Crippen LogP contribution in [-0.2, 0) is 17.6 Å². The fourth-order valence-corrected chi connectivity index (χ4v) is 1.48. The molecule has 6 nitrogen and oxygen atoms in total. The summed E-state index contributed by atoms with van der Waals surface area (Å²) in [4.78, 5) is 10.5. The standard InChI is InChI=1S/C13H14N2O4/c1-9-2-4-10(5-3-9)18-7-6-11-14-15-12(19-11)8-13(16)17/h2-5H,6-8H2,1H3,(H,16,17). The maximum absolute atomic E-state index is 10.5. The summed E-state index contributed by atoms with van der Waals surface area (Å²) in [5, 5.41) is 16.0. The van der Waals surface area contributed by atoms with E-state index in [1.807, 2.05) is 31.2 Å². The number of rotatable bonds is 6. The molecule has 0 spiro atoms. The Balaban J connectivity index is 1.80. The van der Waals surface area contributed by atoms with Crippen molar-refractivity contribution in [2.24, 2.45) is 0 Å². The van der Waals surface area contributed by atoms with Gasteiger partial charge in [0, 0.05) is 0 Å². The summed E-state index contributed by atoms with van der Waals surface area (Å²) in [5.74, 6) is 0.267. The number of carboxylic acid groups (broad SMARTS) is 1. The van der Waals surface area contributed by atoms with Crippen LogP contribution in [0.1, 0.15) is 17.3 Å². The average molecular weight is 262 g/mol. The Labute approximate surface area is 110 Å². The van der Waals surface area contributed by atoms with Crippen molar-refractivity contribution in [3.8, 4) is 5.75 Å². The van der Waals surface area contributed by atoms with Crippen LogP contribution in [0.15, 0.2) is 28.7 Å². The Morgan fingerprint density at radius 1 is 1.26 bits per heavy atom. The first-order chi connectivity index (χ1) is 9.13. The molecule has 0 saturated carbocycles. The van der Waals surface area contributed by atoms with Crippen LogP contribution < -0.4 is 4.74 Å². The topological polar surface area (TPSA) is 85.5 Å². The van der Waals surface area contributed by atoms with Crippen molar-refractivity contribution in [2.45, 2.75) is 19.8 Å². The van der Waals surface area contributed by atoms with E-state index >= 15 is 0 Å². The van der Waals surface area contributed by atoms with E-state index in [9.17, 15) is 4.79 Å². The van der Waals surface area contributed by atoms with E-state index in [2.05, 4.69) is 10.2 Å². The maximum Gasteiger partial charge on any atom is 0.312 e. The van der Waals surface area contributed by atoms with Gasteiger partial charge in [0.25, 0.3) is 0 Å². The minimum Gasteiger partial charge on any atom is -0.493 e. The number of benzene rings is 1. The summed E-state index contributed by atoms with van der Waals surface area (Å²) in [5.41, 5.74) is 1.17. The molecule has 0 aliphatic rings. The average Bonchev–Trinajstić information content (AvgIpc) is 2.78. The van der Waals surface area contributed by atoms with Crippen LogP contribution in [0.3, 0.4) is 0 Å². The van der Waals surface area contributed by atoms with Gasteiger partial charge in [0.1, 0.15) is 12.2 Å². The third kappa shape index (κ3) is 4.09. The van der Waals surface area contributed by atoms with Crippen LogP contribution in [0.4, 0.5) is 0 Å². The van der Waals surface area contributed by atoms with Crippen molar-refractivity contribution < 1.29 is 19.1 Å². The number of aryl methyl sites for hydroxylation is 1. The zero-order valence-electron chi connectivity index (χ0n) is 10.5. The summed E-state index contributed by atoms with van der Waals surface area (Å²) in [6.07, 6.45) is 0.187. The van der Waals surface area contributed by atoms with Crippen molar-refractivity contribution in [1.29, 1.82) is 0 Å². The number of carbonyl (C=O) groups is 1. The molecular formula is C13H14N2O4. The number of aromatic nitrogens is 2. The highest BCUT2D eigenvalue weighted by Crippen LogP contribution is 2.12. The Morgan fingerprint density at radius 2 is 1.95 bits per heavy atom. The maximum atomic E-state index is 10.5. The van der Waals surface area contributed by atoms with Gasteiger partial charge in [0.2, 0.25) is 11.8 Å². The first-order valence-electron chi connectivity index (χ1n) is 5.86. The number of hydrogen-bond acceptors (Lipinski definition) is 5. The van der Waals surface area contributed by atoms with Gasteiger partial charge in [-0.2, -0.15) is 0 Å². The third-order valence-corrected chi connectivity index (χ3v) is 2.42. The third-order valence-electron chi connectivity index (χ3n) is 2.42. The molecule has 0 amide bonds. The lowest BCUT2D eigenvalue weighted by Gasteiger charge is -2.04. The molecule has 1 heterocycles. The zero-order valence-corrected chi connectivity index (χ0v) is 10.5. The Hall–Kier alpha value is -2.37. The number of hydrogen-bond donors (Lipinski definition) is 1. The largest absolute Gasteiger partial charge is 0.493 e. The smallest absolute Gasteiger partial charge is 0.312 e. The molecule has 2 aromatic rings. The minimum atomic E-state index is -0.994. The Kier molecular flexibility index (Phi) is 4.12. The summed E-state index contributed by atoms with van der Waals surface area (Å²) in [6, 6.07) is 7.71. The highest BCUT2D eigenvalue weighted by molar-refractivity contribution is 5.68. The zero-order chi connectivity index (χ0) is 13.7. The second-order valence-corrected chi connectivity index (χ2v) is 4.07. The van der Waals surface area contributed by atoms with Crippen molar-refractivity contribution in [1.82, 2.24) is 10.2 Å². The number of ether oxygens (including phenoxy) is 1. The van der Waals surface area contributed by atoms with Gasteiger partial charge in [-0.05, 0) is 19.1 Å². The monoisotopic (exact) mass is 262 g/mol. The van der Waals surface area contributed by atoms with E-state index in [1.54, 1.807) is 0 Å². The summed E-state index contributed by atoms with van der Waals surface area (Å²) >= 11 is 0. The van der Waals surface area contributed by atoms with Crippen LogP contribution in [0, 0.1) is 6.92 Å². The van der Waals surface area contributed by atoms with Crippen LogP contribution in [0.5, 0.6) is 5.75 Å². The van der Waals surface area contributed by atoms with E-state index in [0.29, 0.717) is 18.9 Å². The van der Waals surface area contributed by atoms with E-state index in [-0.39, 0.29) is 12.3 Å². The fraction of sp³-hybridized carbons (Fsp3) is 0.308. The molecular weight excluding hydrogens is 248 g/mol. The Morgan fingerprint density at radius 3 is 2.63 bits per heavy atom. The summed E-state index contributed by atoms with van der Waals surface area (Å²) < 4.78 is 10.7. The molecule has 1 N–H and O–H groups in total. The van der Waals surface area contributed by atoms with E-state index in [1.165, 1.54) is 5.56 Å². The highest BCUT2D eigenvalue weighted by atomic mass is 16.5. The van der Waals surface area contributed by atoms with Gasteiger partial charge in [-0.15, -0.1) is 10.2 Å². The molecule has 0 saturated heterocycles. The van der Waals surface area contributed by atoms with Gasteiger partial charge >= 0.3 is 5.97 Å². The first kappa shape index (κ1) is 13.1. The normalized spacial score (nSPS) is 10.4. The van der Waals surface area contributed by atoms with Gasteiger partial charge in [-0.3, -0.25) is 4.79 Å². The quantitative estimate of drug-likeness (QED) is 0.851. The molecule has 0 radical (unpaired) electrons. The van der Waals surface area contributed by atoms with Crippen molar-refractivity contribution >= 4 is 5.97 Å². The number of carboxylic acids is 1. The predicted molar refractivity (Wildman–Crippen MR) is 66.0 cm³/mol. The van der Waals surface area contributed by atoms with Gasteiger partial charge in [-0.25, -0.2) is 0 Å². The number of aliphatic carboxylic acids is 1. The van der Waals surface area contributed by atoms with E-state index in [4.69, 9.17) is 14.3 Å².